The van der Waals surface area contributed by atoms with Gasteiger partial charge in [-0.3, -0.25) is 4.79 Å². The summed E-state index contributed by atoms with van der Waals surface area (Å²) in [4.78, 5) is 29.3. The maximum atomic E-state index is 12.6. The maximum absolute atomic E-state index is 12.6. The van der Waals surface area contributed by atoms with Crippen molar-refractivity contribution in [2.45, 2.75) is 19.9 Å². The predicted molar refractivity (Wildman–Crippen MR) is 88.9 cm³/mol. The highest BCUT2D eigenvalue weighted by atomic mass is 16.5. The molecule has 0 saturated carbocycles. The molecule has 0 aliphatic carbocycles. The van der Waals surface area contributed by atoms with Gasteiger partial charge in [-0.1, -0.05) is 0 Å². The van der Waals surface area contributed by atoms with Crippen LogP contribution in [-0.4, -0.2) is 63.1 Å². The van der Waals surface area contributed by atoms with Crippen LogP contribution in [0.3, 0.4) is 0 Å². The van der Waals surface area contributed by atoms with E-state index in [9.17, 15) is 4.79 Å². The number of ether oxygens (including phenoxy) is 1. The Morgan fingerprint density at radius 3 is 2.75 bits per heavy atom. The Morgan fingerprint density at radius 2 is 2.08 bits per heavy atom. The van der Waals surface area contributed by atoms with Crippen LogP contribution in [-0.2, 0) is 4.79 Å². The molecule has 0 aromatic carbocycles. The molecule has 3 rings (SSSR count). The Bertz CT molecular complexity index is 667. The Kier molecular flexibility index (Phi) is 4.93. The number of hydrogen-bond donors (Lipinski definition) is 0. The van der Waals surface area contributed by atoms with Gasteiger partial charge in [0, 0.05) is 50.8 Å². The fourth-order valence-electron chi connectivity index (χ4n) is 2.73. The minimum absolute atomic E-state index is 0.108. The van der Waals surface area contributed by atoms with E-state index in [1.807, 2.05) is 29.5 Å². The third kappa shape index (κ3) is 3.47. The van der Waals surface area contributed by atoms with Crippen LogP contribution in [0.25, 0.3) is 0 Å². The lowest BCUT2D eigenvalue weighted by Crippen LogP contribution is -2.50. The molecule has 1 atom stereocenters. The number of carbonyl (C=O) groups is 1. The van der Waals surface area contributed by atoms with Gasteiger partial charge in [-0.15, -0.1) is 0 Å². The number of amides is 1. The summed E-state index contributed by atoms with van der Waals surface area (Å²) >= 11 is 0. The first-order chi connectivity index (χ1) is 11.7. The van der Waals surface area contributed by atoms with Crippen molar-refractivity contribution in [3.63, 3.8) is 0 Å². The van der Waals surface area contributed by atoms with Gasteiger partial charge < -0.3 is 19.1 Å². The second kappa shape index (κ2) is 7.29. The number of anilines is 1. The topological polar surface area (TPSA) is 76.4 Å². The normalized spacial score (nSPS) is 16.1. The first kappa shape index (κ1) is 16.2. The Morgan fingerprint density at radius 1 is 1.29 bits per heavy atom. The van der Waals surface area contributed by atoms with Gasteiger partial charge in [0.15, 0.2) is 0 Å². The van der Waals surface area contributed by atoms with Crippen LogP contribution < -0.4 is 9.64 Å². The zero-order valence-corrected chi connectivity index (χ0v) is 14.0. The van der Waals surface area contributed by atoms with Crippen molar-refractivity contribution in [1.82, 2.24) is 24.4 Å². The quantitative estimate of drug-likeness (QED) is 0.813. The van der Waals surface area contributed by atoms with Crippen LogP contribution in [0.1, 0.15) is 19.9 Å². The zero-order valence-electron chi connectivity index (χ0n) is 14.0. The average Bonchev–Trinajstić information content (AvgIpc) is 3.16. The Balaban J connectivity index is 1.59. The van der Waals surface area contributed by atoms with Crippen molar-refractivity contribution in [3.8, 4) is 5.88 Å². The largest absolute Gasteiger partial charge is 0.478 e. The zero-order chi connectivity index (χ0) is 16.9. The second-order valence-electron chi connectivity index (χ2n) is 5.63. The van der Waals surface area contributed by atoms with Gasteiger partial charge in [-0.2, -0.15) is 4.98 Å². The third-order valence-corrected chi connectivity index (χ3v) is 4.11. The molecule has 0 radical (unpaired) electrons. The van der Waals surface area contributed by atoms with Gasteiger partial charge >= 0.3 is 0 Å². The number of nitrogens with zero attached hydrogens (tertiary/aromatic N) is 6. The number of piperazine rings is 1. The molecule has 1 amide bonds. The molecular weight excluding hydrogens is 308 g/mol. The summed E-state index contributed by atoms with van der Waals surface area (Å²) in [5.74, 6) is 1.34. The fraction of sp³-hybridized carbons (Fsp3) is 0.500. The van der Waals surface area contributed by atoms with Crippen molar-refractivity contribution in [2.24, 2.45) is 0 Å². The predicted octanol–water partition coefficient (Wildman–Crippen LogP) is 0.982. The molecule has 8 heteroatoms. The summed E-state index contributed by atoms with van der Waals surface area (Å²) in [6, 6.07) is 1.51. The smallest absolute Gasteiger partial charge is 0.245 e. The summed E-state index contributed by atoms with van der Waals surface area (Å²) in [6.45, 7) is 7.11. The minimum atomic E-state index is -0.239. The Hall–Kier alpha value is -2.64. The number of hydrogen-bond acceptors (Lipinski definition) is 6. The molecule has 0 unspecified atom stereocenters. The van der Waals surface area contributed by atoms with Gasteiger partial charge in [-0.25, -0.2) is 9.97 Å². The summed E-state index contributed by atoms with van der Waals surface area (Å²) in [5, 5.41) is 0. The van der Waals surface area contributed by atoms with Crippen LogP contribution >= 0.6 is 0 Å². The lowest BCUT2D eigenvalue weighted by molar-refractivity contribution is -0.134. The van der Waals surface area contributed by atoms with Crippen molar-refractivity contribution >= 4 is 11.9 Å². The SMILES string of the molecule is CCOc1ccnc(N2CCN(C(=O)[C@H](C)n3ccnc3)CC2)n1. The summed E-state index contributed by atoms with van der Waals surface area (Å²) in [6.07, 6.45) is 6.87. The van der Waals surface area contributed by atoms with Gasteiger partial charge in [0.2, 0.25) is 17.7 Å². The minimum Gasteiger partial charge on any atom is -0.478 e. The fourth-order valence-corrected chi connectivity index (χ4v) is 2.73. The van der Waals surface area contributed by atoms with Gasteiger partial charge in [-0.05, 0) is 13.8 Å². The highest BCUT2D eigenvalue weighted by Crippen LogP contribution is 2.17. The highest BCUT2D eigenvalue weighted by molar-refractivity contribution is 5.80. The van der Waals surface area contributed by atoms with Crippen molar-refractivity contribution in [2.75, 3.05) is 37.7 Å². The molecule has 1 saturated heterocycles. The van der Waals surface area contributed by atoms with E-state index in [0.29, 0.717) is 44.6 Å². The number of imidazole rings is 1. The molecule has 128 valence electrons. The maximum Gasteiger partial charge on any atom is 0.245 e. The standard InChI is InChI=1S/C16H22N6O2/c1-3-24-14-4-5-18-16(19-14)21-10-8-20(9-11-21)15(23)13(2)22-7-6-17-12-22/h4-7,12-13H,3,8-11H2,1-2H3/t13-/m0/s1. The summed E-state index contributed by atoms with van der Waals surface area (Å²) < 4.78 is 7.24. The van der Waals surface area contributed by atoms with E-state index in [2.05, 4.69) is 19.9 Å². The molecule has 8 nitrogen and oxygen atoms in total. The van der Waals surface area contributed by atoms with Gasteiger partial charge in [0.1, 0.15) is 6.04 Å². The first-order valence-corrected chi connectivity index (χ1v) is 8.16. The van der Waals surface area contributed by atoms with E-state index in [-0.39, 0.29) is 11.9 Å². The second-order valence-corrected chi connectivity index (χ2v) is 5.63. The van der Waals surface area contributed by atoms with E-state index in [0.717, 1.165) is 0 Å². The van der Waals surface area contributed by atoms with Crippen LogP contribution in [0.5, 0.6) is 5.88 Å². The lowest BCUT2D eigenvalue weighted by Gasteiger charge is -2.36. The average molecular weight is 330 g/mol. The molecule has 1 fully saturated rings. The van der Waals surface area contributed by atoms with E-state index in [4.69, 9.17) is 4.74 Å². The molecular formula is C16H22N6O2. The van der Waals surface area contributed by atoms with E-state index in [1.165, 1.54) is 0 Å². The van der Waals surface area contributed by atoms with E-state index >= 15 is 0 Å². The monoisotopic (exact) mass is 330 g/mol. The highest BCUT2D eigenvalue weighted by Gasteiger charge is 2.26. The first-order valence-electron chi connectivity index (χ1n) is 8.16. The molecule has 0 spiro atoms. The van der Waals surface area contributed by atoms with Crippen LogP contribution in [0.15, 0.2) is 31.0 Å². The Labute approximate surface area is 141 Å². The molecule has 1 aliphatic heterocycles. The molecule has 0 bridgehead atoms. The number of rotatable bonds is 5. The molecule has 2 aromatic heterocycles. The molecule has 3 heterocycles. The van der Waals surface area contributed by atoms with Gasteiger partial charge in [0.05, 0.1) is 12.9 Å². The summed E-state index contributed by atoms with van der Waals surface area (Å²) in [5.41, 5.74) is 0. The number of aromatic nitrogens is 4. The molecule has 2 aromatic rings. The van der Waals surface area contributed by atoms with E-state index in [1.54, 1.807) is 24.8 Å². The number of carbonyl (C=O) groups excluding carboxylic acids is 1. The van der Waals surface area contributed by atoms with Gasteiger partial charge in [0.25, 0.3) is 0 Å². The molecule has 24 heavy (non-hydrogen) atoms. The van der Waals surface area contributed by atoms with E-state index < -0.39 is 0 Å². The molecule has 0 N–H and O–H groups in total. The van der Waals surface area contributed by atoms with Crippen LogP contribution in [0.2, 0.25) is 0 Å². The summed E-state index contributed by atoms with van der Waals surface area (Å²) in [7, 11) is 0. The van der Waals surface area contributed by atoms with Crippen molar-refractivity contribution in [3.05, 3.63) is 31.0 Å². The van der Waals surface area contributed by atoms with Crippen LogP contribution in [0.4, 0.5) is 5.95 Å². The van der Waals surface area contributed by atoms with Crippen LogP contribution in [0, 0.1) is 0 Å². The lowest BCUT2D eigenvalue weighted by atomic mass is 10.2. The molecule has 1 aliphatic rings. The van der Waals surface area contributed by atoms with Crippen molar-refractivity contribution < 1.29 is 9.53 Å². The van der Waals surface area contributed by atoms with Crippen molar-refractivity contribution in [1.29, 1.82) is 0 Å². The third-order valence-electron chi connectivity index (χ3n) is 4.11.